The topological polar surface area (TPSA) is 3.24 Å². The van der Waals surface area contributed by atoms with Crippen LogP contribution in [0.3, 0.4) is 0 Å². The molecule has 0 atom stereocenters. The molecular formula is C2H6F2NPSe. The second-order valence-electron chi connectivity index (χ2n) is 1.28. The molecule has 0 radical (unpaired) electrons. The van der Waals surface area contributed by atoms with Crippen molar-refractivity contribution in [2.24, 2.45) is 0 Å². The van der Waals surface area contributed by atoms with Crippen molar-refractivity contribution in [3.63, 3.8) is 0 Å². The Morgan fingerprint density at radius 3 is 1.57 bits per heavy atom. The van der Waals surface area contributed by atoms with E-state index in [1.807, 2.05) is 15.1 Å². The molecule has 0 heterocycles. The molecule has 0 bridgehead atoms. The fourth-order valence-corrected chi connectivity index (χ4v) is 0. The van der Waals surface area contributed by atoms with Gasteiger partial charge < -0.3 is 0 Å². The van der Waals surface area contributed by atoms with Crippen LogP contribution in [0.5, 0.6) is 0 Å². The third-order valence-corrected chi connectivity index (χ3v) is 3.45. The predicted octanol–water partition coefficient (Wildman–Crippen LogP) is 1.33. The maximum atomic E-state index is 11.8. The van der Waals surface area contributed by atoms with Crippen LogP contribution in [-0.4, -0.2) is 33.9 Å². The molecule has 0 saturated carbocycles. The zero-order valence-electron chi connectivity index (χ0n) is 4.06. The SMILES string of the molecule is CN(C)P(F)(F)=[Se]. The van der Waals surface area contributed by atoms with Gasteiger partial charge in [0.2, 0.25) is 0 Å². The first kappa shape index (κ1) is 7.77. The standard InChI is InChI=1S/C2H6F2NPSe/c1-5(2)6(3,4)7/h1-2H3. The fourth-order valence-electron chi connectivity index (χ4n) is 0. The van der Waals surface area contributed by atoms with E-state index in [-0.39, 0.29) is 0 Å². The monoisotopic (exact) mass is 193 g/mol. The van der Waals surface area contributed by atoms with Crippen molar-refractivity contribution in [1.82, 2.24) is 4.67 Å². The van der Waals surface area contributed by atoms with Crippen molar-refractivity contribution in [2.75, 3.05) is 14.1 Å². The Morgan fingerprint density at radius 2 is 1.57 bits per heavy atom. The average molecular weight is 192 g/mol. The fraction of sp³-hybridized carbons (Fsp3) is 1.00. The van der Waals surface area contributed by atoms with Crippen LogP contribution in [0, 0.1) is 0 Å². The molecule has 0 amide bonds. The van der Waals surface area contributed by atoms with Crippen LogP contribution in [-0.2, 0) is 0 Å². The molecule has 0 aromatic carbocycles. The molecule has 0 aliphatic carbocycles. The second kappa shape index (κ2) is 2.36. The number of rotatable bonds is 1. The van der Waals surface area contributed by atoms with Crippen LogP contribution in [0.15, 0.2) is 0 Å². The first-order valence-corrected chi connectivity index (χ1v) is 5.35. The van der Waals surface area contributed by atoms with E-state index in [4.69, 9.17) is 0 Å². The van der Waals surface area contributed by atoms with Crippen LogP contribution in [0.2, 0.25) is 0 Å². The zero-order valence-corrected chi connectivity index (χ0v) is 6.67. The summed E-state index contributed by atoms with van der Waals surface area (Å²) in [5.41, 5.74) is 0. The number of nitrogens with zero attached hydrogens (tertiary/aromatic N) is 1. The van der Waals surface area contributed by atoms with E-state index in [9.17, 15) is 8.39 Å². The Bertz CT molecular complexity index is 97.9. The van der Waals surface area contributed by atoms with Gasteiger partial charge in [0.05, 0.1) is 0 Å². The van der Waals surface area contributed by atoms with Crippen molar-refractivity contribution in [1.29, 1.82) is 0 Å². The average Bonchev–Trinajstić information content (AvgIpc) is 1.31. The van der Waals surface area contributed by atoms with Crippen molar-refractivity contribution < 1.29 is 8.39 Å². The minimum atomic E-state index is -3.78. The number of hydrogen-bond acceptors (Lipinski definition) is 1. The van der Waals surface area contributed by atoms with Gasteiger partial charge >= 0.3 is 48.5 Å². The van der Waals surface area contributed by atoms with Crippen LogP contribution in [0.25, 0.3) is 0 Å². The zero-order chi connectivity index (χ0) is 6.08. The van der Waals surface area contributed by atoms with E-state index in [0.717, 1.165) is 4.67 Å². The summed E-state index contributed by atoms with van der Waals surface area (Å²) >= 11 is 1.82. The summed E-state index contributed by atoms with van der Waals surface area (Å²) in [6.45, 7) is 0. The molecule has 0 unspecified atom stereocenters. The van der Waals surface area contributed by atoms with Gasteiger partial charge in [0.15, 0.2) is 0 Å². The number of halogens is 2. The summed E-state index contributed by atoms with van der Waals surface area (Å²) in [7, 11) is 2.70. The molecule has 1 nitrogen and oxygen atoms in total. The Balaban J connectivity index is 3.80. The van der Waals surface area contributed by atoms with E-state index in [2.05, 4.69) is 0 Å². The molecule has 0 rings (SSSR count). The minimum absolute atomic E-state index is 0.910. The third-order valence-electron chi connectivity index (χ3n) is 0.466. The maximum absolute atomic E-state index is 11.8. The summed E-state index contributed by atoms with van der Waals surface area (Å²) in [5.74, 6) is 0. The molecule has 0 aromatic rings. The quantitative estimate of drug-likeness (QED) is 0.447. The first-order chi connectivity index (χ1) is 2.94. The molecule has 0 aliphatic heterocycles. The molecule has 0 spiro atoms. The van der Waals surface area contributed by atoms with Gasteiger partial charge in [-0.2, -0.15) is 0 Å². The van der Waals surface area contributed by atoms with E-state index in [0.29, 0.717) is 0 Å². The Hall–Kier alpha value is 0.769. The predicted molar refractivity (Wildman–Crippen MR) is 28.6 cm³/mol. The Morgan fingerprint density at radius 1 is 1.43 bits per heavy atom. The Labute approximate surface area is 49.2 Å². The molecule has 0 aromatic heterocycles. The normalized spacial score (nSPS) is 12.7. The van der Waals surface area contributed by atoms with Crippen molar-refractivity contribution in [3.8, 4) is 0 Å². The van der Waals surface area contributed by atoms with E-state index in [1.165, 1.54) is 14.1 Å². The Kier molecular flexibility index (Phi) is 2.62. The first-order valence-electron chi connectivity index (χ1n) is 1.62. The summed E-state index contributed by atoms with van der Waals surface area (Å²) in [6, 6.07) is 0. The second-order valence-corrected chi connectivity index (χ2v) is 5.72. The van der Waals surface area contributed by atoms with Crippen LogP contribution >= 0.6 is 6.28 Å². The van der Waals surface area contributed by atoms with Crippen molar-refractivity contribution in [2.45, 2.75) is 0 Å². The van der Waals surface area contributed by atoms with E-state index < -0.39 is 6.28 Å². The van der Waals surface area contributed by atoms with Gasteiger partial charge in [-0.3, -0.25) is 0 Å². The number of hydrogen-bond donors (Lipinski definition) is 0. The van der Waals surface area contributed by atoms with Gasteiger partial charge in [0.1, 0.15) is 0 Å². The van der Waals surface area contributed by atoms with Crippen molar-refractivity contribution in [3.05, 3.63) is 0 Å². The molecule has 0 fully saturated rings. The van der Waals surface area contributed by atoms with Crippen LogP contribution in [0.4, 0.5) is 8.39 Å². The molecular weight excluding hydrogens is 186 g/mol. The summed E-state index contributed by atoms with van der Waals surface area (Å²) in [4.78, 5) is 0. The molecule has 7 heavy (non-hydrogen) atoms. The molecule has 5 heteroatoms. The van der Waals surface area contributed by atoms with E-state index >= 15 is 0 Å². The van der Waals surface area contributed by atoms with Gasteiger partial charge in [-0.25, -0.2) is 0 Å². The van der Waals surface area contributed by atoms with Gasteiger partial charge in [-0.05, 0) is 0 Å². The van der Waals surface area contributed by atoms with Crippen LogP contribution in [0.1, 0.15) is 0 Å². The van der Waals surface area contributed by atoms with Gasteiger partial charge in [0, 0.05) is 0 Å². The van der Waals surface area contributed by atoms with Crippen LogP contribution < -0.4 is 0 Å². The summed E-state index contributed by atoms with van der Waals surface area (Å²) in [6.07, 6.45) is -3.78. The van der Waals surface area contributed by atoms with Gasteiger partial charge in [0.25, 0.3) is 0 Å². The van der Waals surface area contributed by atoms with Crippen molar-refractivity contribution >= 4 is 21.4 Å². The molecule has 0 N–H and O–H groups in total. The van der Waals surface area contributed by atoms with E-state index in [1.54, 1.807) is 0 Å². The van der Waals surface area contributed by atoms with Gasteiger partial charge in [-0.15, -0.1) is 0 Å². The van der Waals surface area contributed by atoms with Gasteiger partial charge in [-0.1, -0.05) is 0 Å². The molecule has 0 saturated heterocycles. The third kappa shape index (κ3) is 3.36. The summed E-state index contributed by atoms with van der Waals surface area (Å²) < 4.78 is 24.6. The summed E-state index contributed by atoms with van der Waals surface area (Å²) in [5, 5.41) is 0. The molecule has 44 valence electrons. The molecule has 0 aliphatic rings.